The quantitative estimate of drug-likeness (QED) is 0.740. The van der Waals surface area contributed by atoms with Crippen molar-refractivity contribution < 1.29 is 13.2 Å². The van der Waals surface area contributed by atoms with E-state index >= 15 is 0 Å². The van der Waals surface area contributed by atoms with E-state index in [1.54, 1.807) is 4.31 Å². The predicted molar refractivity (Wildman–Crippen MR) is 102 cm³/mol. The zero-order valence-corrected chi connectivity index (χ0v) is 16.7. The third-order valence-corrected chi connectivity index (χ3v) is 7.90. The summed E-state index contributed by atoms with van der Waals surface area (Å²) in [6.45, 7) is 5.91. The molecule has 8 heteroatoms. The SMILES string of the molecule is O=C(NCCN1CCCCCC1)C1CCCN(S(=O)(=O)N2CCCC2)C1. The van der Waals surface area contributed by atoms with Gasteiger partial charge in [-0.05, 0) is 51.6 Å². The number of nitrogens with zero attached hydrogens (tertiary/aromatic N) is 3. The van der Waals surface area contributed by atoms with Gasteiger partial charge in [-0.3, -0.25) is 4.79 Å². The summed E-state index contributed by atoms with van der Waals surface area (Å²) >= 11 is 0. The van der Waals surface area contributed by atoms with Crippen LogP contribution in [0.3, 0.4) is 0 Å². The van der Waals surface area contributed by atoms with Gasteiger partial charge in [0.2, 0.25) is 5.91 Å². The topological polar surface area (TPSA) is 73.0 Å². The Morgan fingerprint density at radius 2 is 1.46 bits per heavy atom. The van der Waals surface area contributed by atoms with E-state index in [9.17, 15) is 13.2 Å². The molecule has 3 saturated heterocycles. The molecule has 3 rings (SSSR count). The van der Waals surface area contributed by atoms with Crippen LogP contribution in [0, 0.1) is 5.92 Å². The fraction of sp³-hybridized carbons (Fsp3) is 0.944. The summed E-state index contributed by atoms with van der Waals surface area (Å²) in [6.07, 6.45) is 8.54. The molecule has 150 valence electrons. The summed E-state index contributed by atoms with van der Waals surface area (Å²) in [4.78, 5) is 15.0. The molecule has 0 spiro atoms. The van der Waals surface area contributed by atoms with Crippen molar-refractivity contribution in [1.29, 1.82) is 0 Å². The van der Waals surface area contributed by atoms with Gasteiger partial charge in [-0.25, -0.2) is 0 Å². The molecule has 7 nitrogen and oxygen atoms in total. The van der Waals surface area contributed by atoms with Gasteiger partial charge < -0.3 is 10.2 Å². The first kappa shape index (κ1) is 20.0. The number of piperidine rings is 1. The highest BCUT2D eigenvalue weighted by Gasteiger charge is 2.36. The first-order valence-corrected chi connectivity index (χ1v) is 11.7. The maximum atomic E-state index is 12.7. The molecule has 26 heavy (non-hydrogen) atoms. The van der Waals surface area contributed by atoms with Crippen LogP contribution in [0.15, 0.2) is 0 Å². The minimum absolute atomic E-state index is 0.0149. The molecule has 0 aromatic heterocycles. The lowest BCUT2D eigenvalue weighted by molar-refractivity contribution is -0.126. The highest BCUT2D eigenvalue weighted by molar-refractivity contribution is 7.86. The van der Waals surface area contributed by atoms with Crippen molar-refractivity contribution in [2.45, 2.75) is 51.4 Å². The van der Waals surface area contributed by atoms with Crippen molar-refractivity contribution in [2.24, 2.45) is 5.92 Å². The van der Waals surface area contributed by atoms with E-state index in [1.807, 2.05) is 0 Å². The lowest BCUT2D eigenvalue weighted by Crippen LogP contribution is -2.50. The fourth-order valence-corrected chi connectivity index (χ4v) is 6.06. The second-order valence-corrected chi connectivity index (χ2v) is 9.79. The van der Waals surface area contributed by atoms with Crippen LogP contribution in [0.4, 0.5) is 0 Å². The second-order valence-electron chi connectivity index (χ2n) is 7.86. The number of likely N-dealkylation sites (tertiary alicyclic amines) is 1. The zero-order chi connectivity index (χ0) is 18.4. The van der Waals surface area contributed by atoms with Crippen molar-refractivity contribution in [2.75, 3.05) is 52.4 Å². The number of amides is 1. The Kier molecular flexibility index (Phi) is 7.31. The van der Waals surface area contributed by atoms with E-state index < -0.39 is 10.2 Å². The maximum absolute atomic E-state index is 12.7. The molecule has 0 radical (unpaired) electrons. The van der Waals surface area contributed by atoms with Gasteiger partial charge in [0.15, 0.2) is 0 Å². The van der Waals surface area contributed by atoms with Gasteiger partial charge in [0.25, 0.3) is 10.2 Å². The van der Waals surface area contributed by atoms with Gasteiger partial charge in [0, 0.05) is 39.3 Å². The van der Waals surface area contributed by atoms with Crippen LogP contribution in [0.25, 0.3) is 0 Å². The van der Waals surface area contributed by atoms with Crippen LogP contribution in [0.5, 0.6) is 0 Å². The highest BCUT2D eigenvalue weighted by Crippen LogP contribution is 2.23. The van der Waals surface area contributed by atoms with Crippen molar-refractivity contribution in [3.05, 3.63) is 0 Å². The fourth-order valence-electron chi connectivity index (χ4n) is 4.29. The zero-order valence-electron chi connectivity index (χ0n) is 15.9. The van der Waals surface area contributed by atoms with Gasteiger partial charge in [-0.2, -0.15) is 17.0 Å². The molecule has 0 aliphatic carbocycles. The van der Waals surface area contributed by atoms with Gasteiger partial charge in [0.1, 0.15) is 0 Å². The average Bonchev–Trinajstić information content (AvgIpc) is 3.08. The van der Waals surface area contributed by atoms with E-state index in [-0.39, 0.29) is 11.8 Å². The minimum atomic E-state index is -3.39. The standard InChI is InChI=1S/C18H34N4O3S/c23-18(19-9-15-20-10-3-1-2-4-11-20)17-8-7-14-22(16-17)26(24,25)21-12-5-6-13-21/h17H,1-16H2,(H,19,23). The van der Waals surface area contributed by atoms with E-state index in [2.05, 4.69) is 10.2 Å². The molecular formula is C18H34N4O3S. The Labute approximate surface area is 158 Å². The molecule has 0 saturated carbocycles. The smallest absolute Gasteiger partial charge is 0.281 e. The van der Waals surface area contributed by atoms with E-state index in [0.29, 0.717) is 32.7 Å². The lowest BCUT2D eigenvalue weighted by Gasteiger charge is -2.33. The summed E-state index contributed by atoms with van der Waals surface area (Å²) in [5.41, 5.74) is 0. The van der Waals surface area contributed by atoms with Crippen LogP contribution in [0.2, 0.25) is 0 Å². The molecule has 0 bridgehead atoms. The van der Waals surface area contributed by atoms with Gasteiger partial charge in [0.05, 0.1) is 5.92 Å². The van der Waals surface area contributed by atoms with Crippen molar-refractivity contribution >= 4 is 16.1 Å². The molecule has 1 amide bonds. The molecule has 3 aliphatic heterocycles. The summed E-state index contributed by atoms with van der Waals surface area (Å²) < 4.78 is 28.5. The van der Waals surface area contributed by atoms with Crippen molar-refractivity contribution in [3.8, 4) is 0 Å². The van der Waals surface area contributed by atoms with Gasteiger partial charge >= 0.3 is 0 Å². The molecular weight excluding hydrogens is 352 g/mol. The first-order chi connectivity index (χ1) is 12.6. The predicted octanol–water partition coefficient (Wildman–Crippen LogP) is 1.03. The van der Waals surface area contributed by atoms with Crippen LogP contribution in [0.1, 0.15) is 51.4 Å². The summed E-state index contributed by atoms with van der Waals surface area (Å²) in [7, 11) is -3.39. The number of rotatable bonds is 6. The summed E-state index contributed by atoms with van der Waals surface area (Å²) in [5.74, 6) is -0.202. The third-order valence-electron chi connectivity index (χ3n) is 5.90. The molecule has 1 atom stereocenters. The first-order valence-electron chi connectivity index (χ1n) is 10.3. The molecule has 3 heterocycles. The summed E-state index contributed by atoms with van der Waals surface area (Å²) in [6, 6.07) is 0. The Hall–Kier alpha value is -0.700. The number of carbonyl (C=O) groups is 1. The molecule has 3 fully saturated rings. The maximum Gasteiger partial charge on any atom is 0.281 e. The van der Waals surface area contributed by atoms with Crippen LogP contribution in [-0.2, 0) is 15.0 Å². The monoisotopic (exact) mass is 386 g/mol. The minimum Gasteiger partial charge on any atom is -0.355 e. The van der Waals surface area contributed by atoms with Crippen LogP contribution >= 0.6 is 0 Å². The van der Waals surface area contributed by atoms with Crippen molar-refractivity contribution in [3.63, 3.8) is 0 Å². The highest BCUT2D eigenvalue weighted by atomic mass is 32.2. The van der Waals surface area contributed by atoms with E-state index in [4.69, 9.17) is 0 Å². The molecule has 0 aromatic rings. The van der Waals surface area contributed by atoms with E-state index in [0.717, 1.165) is 45.3 Å². The number of carbonyl (C=O) groups excluding carboxylic acids is 1. The third kappa shape index (κ3) is 5.18. The Balaban J connectivity index is 1.45. The Morgan fingerprint density at radius 1 is 0.846 bits per heavy atom. The lowest BCUT2D eigenvalue weighted by atomic mass is 9.99. The number of nitrogens with one attached hydrogen (secondary N) is 1. The Bertz CT molecular complexity index is 555. The van der Waals surface area contributed by atoms with E-state index in [1.165, 1.54) is 30.0 Å². The largest absolute Gasteiger partial charge is 0.355 e. The van der Waals surface area contributed by atoms with Gasteiger partial charge in [-0.1, -0.05) is 12.8 Å². The normalized spacial score (nSPS) is 27.3. The average molecular weight is 387 g/mol. The molecule has 1 N–H and O–H groups in total. The van der Waals surface area contributed by atoms with Crippen molar-refractivity contribution in [1.82, 2.24) is 18.8 Å². The molecule has 0 aromatic carbocycles. The number of hydrogen-bond donors (Lipinski definition) is 1. The summed E-state index contributed by atoms with van der Waals surface area (Å²) in [5, 5.41) is 3.05. The molecule has 3 aliphatic rings. The Morgan fingerprint density at radius 3 is 2.15 bits per heavy atom. The van der Waals surface area contributed by atoms with Crippen LogP contribution in [-0.4, -0.2) is 80.2 Å². The van der Waals surface area contributed by atoms with Gasteiger partial charge in [-0.15, -0.1) is 0 Å². The number of hydrogen-bond acceptors (Lipinski definition) is 4. The van der Waals surface area contributed by atoms with Crippen LogP contribution < -0.4 is 5.32 Å². The molecule has 1 unspecified atom stereocenters. The second kappa shape index (κ2) is 9.48.